The molecule has 0 fully saturated rings. The van der Waals surface area contributed by atoms with Gasteiger partial charge in [0, 0.05) is 12.7 Å². The topological polar surface area (TPSA) is 48.2 Å². The first-order valence-electron chi connectivity index (χ1n) is 3.44. The monoisotopic (exact) mass is 149 g/mol. The zero-order valence-corrected chi connectivity index (χ0v) is 6.68. The Balaban J connectivity index is 3.09. The van der Waals surface area contributed by atoms with E-state index in [-0.39, 0.29) is 0 Å². The summed E-state index contributed by atoms with van der Waals surface area (Å²) in [6, 6.07) is 5.70. The first kappa shape index (κ1) is 7.72. The van der Waals surface area contributed by atoms with Crippen molar-refractivity contribution in [1.29, 1.82) is 5.53 Å². The Kier molecular flexibility index (Phi) is 2.21. The summed E-state index contributed by atoms with van der Waals surface area (Å²) in [6.07, 6.45) is 0. The van der Waals surface area contributed by atoms with Crippen LogP contribution in [0.5, 0.6) is 0 Å². The molecule has 2 N–H and O–H groups in total. The maximum absolute atomic E-state index is 6.82. The van der Waals surface area contributed by atoms with E-state index in [0.29, 0.717) is 0 Å². The number of hydrogen-bond acceptors (Lipinski definition) is 3. The SMILES string of the molecule is CNc1ccc(N=N)c(C)c1. The lowest BCUT2D eigenvalue weighted by atomic mass is 10.2. The Morgan fingerprint density at radius 1 is 1.45 bits per heavy atom. The van der Waals surface area contributed by atoms with Crippen LogP contribution in [0.4, 0.5) is 11.4 Å². The van der Waals surface area contributed by atoms with E-state index in [1.54, 1.807) is 0 Å². The van der Waals surface area contributed by atoms with Crippen LogP contribution in [0.3, 0.4) is 0 Å². The van der Waals surface area contributed by atoms with Crippen molar-refractivity contribution in [2.24, 2.45) is 5.11 Å². The smallest absolute Gasteiger partial charge is 0.0880 e. The Bertz CT molecular complexity index is 268. The van der Waals surface area contributed by atoms with Gasteiger partial charge in [-0.2, -0.15) is 5.11 Å². The van der Waals surface area contributed by atoms with E-state index in [1.807, 2.05) is 32.2 Å². The quantitative estimate of drug-likeness (QED) is 0.624. The highest BCUT2D eigenvalue weighted by Crippen LogP contribution is 2.21. The second-order valence-corrected chi connectivity index (χ2v) is 2.36. The summed E-state index contributed by atoms with van der Waals surface area (Å²) in [4.78, 5) is 0. The van der Waals surface area contributed by atoms with Gasteiger partial charge in [-0.1, -0.05) is 0 Å². The Morgan fingerprint density at radius 2 is 2.18 bits per heavy atom. The molecule has 0 unspecified atom stereocenters. The maximum atomic E-state index is 6.82. The van der Waals surface area contributed by atoms with Gasteiger partial charge in [-0.05, 0) is 30.7 Å². The van der Waals surface area contributed by atoms with Crippen molar-refractivity contribution < 1.29 is 0 Å². The fraction of sp³-hybridized carbons (Fsp3) is 0.250. The Morgan fingerprint density at radius 3 is 2.64 bits per heavy atom. The molecule has 0 aromatic heterocycles. The molecule has 3 heteroatoms. The van der Waals surface area contributed by atoms with Crippen LogP contribution < -0.4 is 5.32 Å². The van der Waals surface area contributed by atoms with Crippen LogP contribution in [0.25, 0.3) is 0 Å². The predicted octanol–water partition coefficient (Wildman–Crippen LogP) is 2.70. The van der Waals surface area contributed by atoms with Crippen LogP contribution in [0, 0.1) is 12.5 Å². The largest absolute Gasteiger partial charge is 0.388 e. The molecule has 1 aromatic carbocycles. The molecule has 0 aliphatic rings. The standard InChI is InChI=1S/C8H11N3/c1-6-5-7(10-2)3-4-8(6)11-9/h3-5,9-10H,1-2H3. The number of nitrogens with one attached hydrogen (secondary N) is 2. The normalized spacial score (nSPS) is 9.27. The van der Waals surface area contributed by atoms with Crippen molar-refractivity contribution in [3.8, 4) is 0 Å². The van der Waals surface area contributed by atoms with Gasteiger partial charge in [0.15, 0.2) is 0 Å². The predicted molar refractivity (Wildman–Crippen MR) is 45.5 cm³/mol. The highest BCUT2D eigenvalue weighted by atomic mass is 15.0. The molecule has 0 amide bonds. The van der Waals surface area contributed by atoms with Gasteiger partial charge in [0.1, 0.15) is 0 Å². The molecule has 0 spiro atoms. The summed E-state index contributed by atoms with van der Waals surface area (Å²) in [5.41, 5.74) is 9.61. The van der Waals surface area contributed by atoms with Gasteiger partial charge in [-0.25, -0.2) is 5.53 Å². The van der Waals surface area contributed by atoms with Gasteiger partial charge in [0.05, 0.1) is 5.69 Å². The second kappa shape index (κ2) is 3.14. The number of hydrogen-bond donors (Lipinski definition) is 2. The third kappa shape index (κ3) is 1.55. The molecule has 0 saturated carbocycles. The summed E-state index contributed by atoms with van der Waals surface area (Å²) in [6.45, 7) is 1.94. The van der Waals surface area contributed by atoms with Crippen LogP contribution >= 0.6 is 0 Å². The average molecular weight is 149 g/mol. The molecule has 0 aliphatic heterocycles. The van der Waals surface area contributed by atoms with E-state index >= 15 is 0 Å². The van der Waals surface area contributed by atoms with Gasteiger partial charge in [-0.3, -0.25) is 0 Å². The highest BCUT2D eigenvalue weighted by Gasteiger charge is 1.95. The lowest BCUT2D eigenvalue weighted by Gasteiger charge is -2.02. The fourth-order valence-corrected chi connectivity index (χ4v) is 0.936. The molecule has 0 bridgehead atoms. The molecule has 0 aliphatic carbocycles. The van der Waals surface area contributed by atoms with E-state index in [2.05, 4.69) is 10.4 Å². The average Bonchev–Trinajstić information content (AvgIpc) is 2.04. The van der Waals surface area contributed by atoms with Gasteiger partial charge in [0.25, 0.3) is 0 Å². The first-order chi connectivity index (χ1) is 5.27. The third-order valence-corrected chi connectivity index (χ3v) is 1.61. The molecule has 58 valence electrons. The van der Waals surface area contributed by atoms with Crippen molar-refractivity contribution in [1.82, 2.24) is 0 Å². The molecule has 0 radical (unpaired) electrons. The summed E-state index contributed by atoms with van der Waals surface area (Å²) in [5, 5.41) is 6.38. The van der Waals surface area contributed by atoms with Crippen LogP contribution in [-0.2, 0) is 0 Å². The molecule has 11 heavy (non-hydrogen) atoms. The van der Waals surface area contributed by atoms with E-state index < -0.39 is 0 Å². The van der Waals surface area contributed by atoms with Crippen molar-refractivity contribution in [3.05, 3.63) is 23.8 Å². The van der Waals surface area contributed by atoms with Crippen molar-refractivity contribution >= 4 is 11.4 Å². The van der Waals surface area contributed by atoms with Crippen molar-refractivity contribution in [2.45, 2.75) is 6.92 Å². The molecule has 0 atom stereocenters. The molecule has 0 heterocycles. The third-order valence-electron chi connectivity index (χ3n) is 1.61. The summed E-state index contributed by atoms with van der Waals surface area (Å²) in [7, 11) is 1.87. The number of benzene rings is 1. The van der Waals surface area contributed by atoms with E-state index in [9.17, 15) is 0 Å². The van der Waals surface area contributed by atoms with Gasteiger partial charge < -0.3 is 5.32 Å². The molecule has 3 nitrogen and oxygen atoms in total. The number of aryl methyl sites for hydroxylation is 1. The van der Waals surface area contributed by atoms with Gasteiger partial charge in [0.2, 0.25) is 0 Å². The Hall–Kier alpha value is -1.38. The van der Waals surface area contributed by atoms with Gasteiger partial charge in [-0.15, -0.1) is 0 Å². The van der Waals surface area contributed by atoms with Crippen molar-refractivity contribution in [2.75, 3.05) is 12.4 Å². The lowest BCUT2D eigenvalue weighted by Crippen LogP contribution is -1.87. The zero-order chi connectivity index (χ0) is 8.27. The highest BCUT2D eigenvalue weighted by molar-refractivity contribution is 5.55. The number of anilines is 1. The first-order valence-corrected chi connectivity index (χ1v) is 3.44. The van der Waals surface area contributed by atoms with Crippen LogP contribution in [0.15, 0.2) is 23.3 Å². The molecule has 1 rings (SSSR count). The van der Waals surface area contributed by atoms with Crippen LogP contribution in [0.2, 0.25) is 0 Å². The molecular weight excluding hydrogens is 138 g/mol. The zero-order valence-electron chi connectivity index (χ0n) is 6.68. The molecular formula is C8H11N3. The minimum atomic E-state index is 0.726. The van der Waals surface area contributed by atoms with Gasteiger partial charge >= 0.3 is 0 Å². The summed E-state index contributed by atoms with van der Waals surface area (Å²) >= 11 is 0. The summed E-state index contributed by atoms with van der Waals surface area (Å²) < 4.78 is 0. The van der Waals surface area contributed by atoms with Crippen LogP contribution in [0.1, 0.15) is 5.56 Å². The molecule has 0 saturated heterocycles. The Labute approximate surface area is 65.9 Å². The number of nitrogens with zero attached hydrogens (tertiary/aromatic N) is 1. The van der Waals surface area contributed by atoms with E-state index in [0.717, 1.165) is 16.9 Å². The summed E-state index contributed by atoms with van der Waals surface area (Å²) in [5.74, 6) is 0. The minimum absolute atomic E-state index is 0.726. The fourth-order valence-electron chi connectivity index (χ4n) is 0.936. The minimum Gasteiger partial charge on any atom is -0.388 e. The van der Waals surface area contributed by atoms with Crippen LogP contribution in [-0.4, -0.2) is 7.05 Å². The van der Waals surface area contributed by atoms with E-state index in [4.69, 9.17) is 5.53 Å². The maximum Gasteiger partial charge on any atom is 0.0880 e. The number of rotatable bonds is 2. The lowest BCUT2D eigenvalue weighted by molar-refractivity contribution is 1.13. The van der Waals surface area contributed by atoms with E-state index in [1.165, 1.54) is 0 Å². The molecule has 1 aromatic rings. The second-order valence-electron chi connectivity index (χ2n) is 2.36. The van der Waals surface area contributed by atoms with Crippen molar-refractivity contribution in [3.63, 3.8) is 0 Å².